The average molecular weight is 638 g/mol. The molecule has 11 nitrogen and oxygen atoms in total. The van der Waals surface area contributed by atoms with Gasteiger partial charge in [-0.15, -0.1) is 25.8 Å². The molecule has 2 aromatic carbocycles. The van der Waals surface area contributed by atoms with Crippen LogP contribution in [0.15, 0.2) is 78.1 Å². The SMILES string of the molecule is C=CCc1ccc(O)c(-c2ccc(O)c(CC=C)c2)c1.CC1=NCCC(C(=O)O)N1.C[N+](C)(C)[C@@H](Cc1c[nH]c(S)n1)C(=O)[O-]. The third-order valence-corrected chi connectivity index (χ3v) is 7.10. The lowest BCUT2D eigenvalue weighted by atomic mass is 9.97. The predicted molar refractivity (Wildman–Crippen MR) is 177 cm³/mol. The molecule has 0 saturated carbocycles. The van der Waals surface area contributed by atoms with Gasteiger partial charge in [-0.3, -0.25) is 4.99 Å². The Morgan fingerprint density at radius 1 is 1.11 bits per heavy atom. The standard InChI is InChI=1S/C18H18O2.C9H15N3O2S.C6H10N2O2/c1-3-5-13-7-9-18(20)16(11-13)14-8-10-17(19)15(12-14)6-4-2;1-12(2,3)7(8(13)14)4-6-5-10-9(15)11-6;1-4-7-3-2-5(8-4)6(9)10/h3-4,7-12,19-20H,1-2,5-6H2;5,7H,4H2,1-3H3,(H2-,10,11,13,14,15);5H,2-3H2,1H3,(H,7,8)(H,9,10)/t;7-;/m.0./s1. The Kier molecular flexibility index (Phi) is 13.9. The highest BCUT2D eigenvalue weighted by Crippen LogP contribution is 2.33. The van der Waals surface area contributed by atoms with Gasteiger partial charge in [0.25, 0.3) is 0 Å². The summed E-state index contributed by atoms with van der Waals surface area (Å²) in [5, 5.41) is 42.6. The number of allylic oxidation sites excluding steroid dienone is 2. The van der Waals surface area contributed by atoms with Crippen molar-refractivity contribution in [2.45, 2.75) is 49.8 Å². The number of aromatic hydroxyl groups is 2. The van der Waals surface area contributed by atoms with Crippen LogP contribution in [0.2, 0.25) is 0 Å². The number of rotatable bonds is 10. The van der Waals surface area contributed by atoms with Gasteiger partial charge in [-0.25, -0.2) is 9.78 Å². The zero-order valence-corrected chi connectivity index (χ0v) is 27.1. The molecule has 0 saturated heterocycles. The number of aromatic nitrogens is 2. The van der Waals surface area contributed by atoms with Crippen LogP contribution < -0.4 is 10.4 Å². The van der Waals surface area contributed by atoms with Gasteiger partial charge in [0.15, 0.2) is 5.16 Å². The maximum Gasteiger partial charge on any atom is 0.326 e. The van der Waals surface area contributed by atoms with Gasteiger partial charge in [0, 0.05) is 24.7 Å². The second kappa shape index (κ2) is 17.1. The molecule has 0 fully saturated rings. The Morgan fingerprint density at radius 3 is 2.29 bits per heavy atom. The van der Waals surface area contributed by atoms with E-state index in [1.165, 1.54) is 0 Å². The first kappa shape index (κ1) is 36.6. The van der Waals surface area contributed by atoms with Crippen LogP contribution in [0.3, 0.4) is 0 Å². The molecule has 12 heteroatoms. The third kappa shape index (κ3) is 11.8. The largest absolute Gasteiger partial charge is 0.544 e. The van der Waals surface area contributed by atoms with E-state index >= 15 is 0 Å². The molecule has 2 heterocycles. The molecule has 5 N–H and O–H groups in total. The van der Waals surface area contributed by atoms with Gasteiger partial charge in [-0.2, -0.15) is 0 Å². The summed E-state index contributed by atoms with van der Waals surface area (Å²) in [5.74, 6) is -0.664. The molecule has 1 aromatic heterocycles. The number of likely N-dealkylation sites (N-methyl/N-ethyl adjacent to an activating group) is 1. The maximum atomic E-state index is 11.0. The molecule has 1 aliphatic heterocycles. The summed E-state index contributed by atoms with van der Waals surface area (Å²) in [7, 11) is 5.44. The topological polar surface area (TPSA) is 171 Å². The lowest BCUT2D eigenvalue weighted by Crippen LogP contribution is -2.55. The van der Waals surface area contributed by atoms with E-state index in [2.05, 4.69) is 46.1 Å². The van der Waals surface area contributed by atoms with Gasteiger partial charge in [-0.05, 0) is 67.1 Å². The Bertz CT molecular complexity index is 1510. The quantitative estimate of drug-likeness (QED) is 0.112. The van der Waals surface area contributed by atoms with Crippen LogP contribution in [0.5, 0.6) is 11.5 Å². The smallest absolute Gasteiger partial charge is 0.326 e. The van der Waals surface area contributed by atoms with Crippen LogP contribution in [0, 0.1) is 0 Å². The number of imidazole rings is 1. The molecular formula is C33H43N5O6S. The number of H-pyrrole nitrogens is 1. The first-order valence-electron chi connectivity index (χ1n) is 14.3. The number of thiol groups is 1. The van der Waals surface area contributed by atoms with Crippen LogP contribution in [-0.4, -0.2) is 87.3 Å². The number of nitrogens with zero attached hydrogens (tertiary/aromatic N) is 3. The Hall–Kier alpha value is -4.55. The van der Waals surface area contributed by atoms with E-state index in [1.54, 1.807) is 37.4 Å². The number of quaternary nitrogens is 1. The first-order valence-corrected chi connectivity index (χ1v) is 14.7. The van der Waals surface area contributed by atoms with Gasteiger partial charge >= 0.3 is 5.97 Å². The van der Waals surface area contributed by atoms with Gasteiger partial charge in [-0.1, -0.05) is 24.3 Å². The van der Waals surface area contributed by atoms with E-state index in [0.29, 0.717) is 41.1 Å². The molecule has 2 atom stereocenters. The van der Waals surface area contributed by atoms with Crippen molar-refractivity contribution in [3.8, 4) is 22.6 Å². The Labute approximate surface area is 269 Å². The Balaban J connectivity index is 0.000000249. The summed E-state index contributed by atoms with van der Waals surface area (Å²) in [6, 6.07) is 9.80. The van der Waals surface area contributed by atoms with E-state index in [9.17, 15) is 24.9 Å². The van der Waals surface area contributed by atoms with Crippen molar-refractivity contribution in [3.05, 3.63) is 84.7 Å². The lowest BCUT2D eigenvalue weighted by molar-refractivity contribution is -0.889. The van der Waals surface area contributed by atoms with Gasteiger partial charge in [0.1, 0.15) is 23.6 Å². The van der Waals surface area contributed by atoms with Gasteiger partial charge < -0.3 is 40.0 Å². The summed E-state index contributed by atoms with van der Waals surface area (Å²) in [6.07, 6.45) is 7.50. The number of carbonyl (C=O) groups excluding carboxylic acids is 1. The number of phenolic OH excluding ortho intramolecular Hbond substituents is 2. The maximum absolute atomic E-state index is 11.0. The molecule has 0 bridgehead atoms. The van der Waals surface area contributed by atoms with Crippen molar-refractivity contribution in [1.82, 2.24) is 15.3 Å². The van der Waals surface area contributed by atoms with Gasteiger partial charge in [0.05, 0.1) is 38.6 Å². The minimum absolute atomic E-state index is 0.230. The number of aliphatic carboxylic acids is 2. The van der Waals surface area contributed by atoms with Crippen molar-refractivity contribution in [1.29, 1.82) is 0 Å². The molecule has 0 spiro atoms. The van der Waals surface area contributed by atoms with Crippen molar-refractivity contribution in [2.75, 3.05) is 27.7 Å². The number of amidine groups is 1. The van der Waals surface area contributed by atoms with E-state index in [4.69, 9.17) is 5.11 Å². The first-order chi connectivity index (χ1) is 21.2. The van der Waals surface area contributed by atoms with Gasteiger partial charge in [0.2, 0.25) is 0 Å². The molecule has 45 heavy (non-hydrogen) atoms. The van der Waals surface area contributed by atoms with Crippen LogP contribution in [-0.2, 0) is 28.9 Å². The number of phenols is 2. The molecule has 1 aliphatic rings. The van der Waals surface area contributed by atoms with Crippen molar-refractivity contribution in [2.24, 2.45) is 4.99 Å². The number of nitrogens with one attached hydrogen (secondary N) is 2. The molecule has 1 unspecified atom stereocenters. The summed E-state index contributed by atoms with van der Waals surface area (Å²) in [6.45, 7) is 9.80. The highest BCUT2D eigenvalue weighted by atomic mass is 32.1. The predicted octanol–water partition coefficient (Wildman–Crippen LogP) is 3.14. The zero-order valence-electron chi connectivity index (χ0n) is 26.2. The molecule has 242 valence electrons. The van der Waals surface area contributed by atoms with Crippen LogP contribution in [0.25, 0.3) is 11.1 Å². The number of carbonyl (C=O) groups is 2. The number of aliphatic imine (C=N–C) groups is 1. The van der Waals surface area contributed by atoms with E-state index in [0.717, 1.165) is 34.5 Å². The van der Waals surface area contributed by atoms with Crippen molar-refractivity contribution in [3.63, 3.8) is 0 Å². The zero-order chi connectivity index (χ0) is 33.7. The summed E-state index contributed by atoms with van der Waals surface area (Å²) < 4.78 is 0.303. The normalized spacial score (nSPS) is 14.7. The van der Waals surface area contributed by atoms with Crippen LogP contribution >= 0.6 is 12.6 Å². The summed E-state index contributed by atoms with van der Waals surface area (Å²) in [5.41, 5.74) is 4.21. The van der Waals surface area contributed by atoms with Crippen LogP contribution in [0.1, 0.15) is 30.2 Å². The van der Waals surface area contributed by atoms with Crippen LogP contribution in [0.4, 0.5) is 0 Å². The average Bonchev–Trinajstić information content (AvgIpc) is 3.39. The number of carboxylic acid groups (broad SMARTS) is 2. The molecule has 4 rings (SSSR count). The fourth-order valence-corrected chi connectivity index (χ4v) is 4.61. The lowest BCUT2D eigenvalue weighted by Gasteiger charge is -2.34. The highest BCUT2D eigenvalue weighted by Gasteiger charge is 2.26. The molecule has 0 aliphatic carbocycles. The fraction of sp³-hybridized carbons (Fsp3) is 0.333. The number of hydrogen-bond donors (Lipinski definition) is 6. The number of aromatic amines is 1. The van der Waals surface area contributed by atoms with Crippen molar-refractivity contribution < 1.29 is 34.5 Å². The van der Waals surface area contributed by atoms with E-state index in [1.807, 2.05) is 45.4 Å². The molecule has 0 amide bonds. The fourth-order valence-electron chi connectivity index (χ4n) is 4.42. The number of hydrogen-bond acceptors (Lipinski definition) is 9. The van der Waals surface area contributed by atoms with E-state index < -0.39 is 24.0 Å². The number of benzene rings is 2. The minimum atomic E-state index is -1.06. The molecule has 0 radical (unpaired) electrons. The summed E-state index contributed by atoms with van der Waals surface area (Å²) in [4.78, 5) is 32.2. The number of carboxylic acids is 2. The highest BCUT2D eigenvalue weighted by molar-refractivity contribution is 7.80. The second-order valence-electron chi connectivity index (χ2n) is 11.3. The Morgan fingerprint density at radius 2 is 1.78 bits per heavy atom. The summed E-state index contributed by atoms with van der Waals surface area (Å²) >= 11 is 4.02. The third-order valence-electron chi connectivity index (χ3n) is 6.87. The molecular weight excluding hydrogens is 594 g/mol. The minimum Gasteiger partial charge on any atom is -0.544 e. The second-order valence-corrected chi connectivity index (χ2v) is 11.8. The molecule has 3 aromatic rings. The van der Waals surface area contributed by atoms with Crippen molar-refractivity contribution >= 4 is 30.4 Å². The monoisotopic (exact) mass is 637 g/mol. The van der Waals surface area contributed by atoms with E-state index in [-0.39, 0.29) is 11.5 Å².